The lowest BCUT2D eigenvalue weighted by Crippen LogP contribution is -2.32. The van der Waals surface area contributed by atoms with E-state index in [2.05, 4.69) is 21.7 Å². The highest BCUT2D eigenvalue weighted by molar-refractivity contribution is 7.10. The van der Waals surface area contributed by atoms with Gasteiger partial charge in [-0.1, -0.05) is 0 Å². The zero-order valence-corrected chi connectivity index (χ0v) is 15.0. The summed E-state index contributed by atoms with van der Waals surface area (Å²) in [7, 11) is 0. The summed E-state index contributed by atoms with van der Waals surface area (Å²) in [5.74, 6) is 1.96. The SMILES string of the molecule is CCOCc1nc2c(c(N3CCc4sccc4C3)n1)CCNCC2. The molecule has 0 amide bonds. The van der Waals surface area contributed by atoms with Gasteiger partial charge in [0.15, 0.2) is 5.82 Å². The Morgan fingerprint density at radius 1 is 1.25 bits per heavy atom. The molecule has 5 nitrogen and oxygen atoms in total. The molecule has 0 radical (unpaired) electrons. The quantitative estimate of drug-likeness (QED) is 0.922. The molecule has 2 aromatic rings. The molecule has 0 saturated carbocycles. The van der Waals surface area contributed by atoms with Crippen LogP contribution >= 0.6 is 11.3 Å². The molecule has 0 bridgehead atoms. The van der Waals surface area contributed by atoms with Gasteiger partial charge < -0.3 is 15.0 Å². The molecule has 0 fully saturated rings. The van der Waals surface area contributed by atoms with Gasteiger partial charge in [-0.15, -0.1) is 11.3 Å². The van der Waals surface area contributed by atoms with Gasteiger partial charge in [-0.05, 0) is 43.3 Å². The highest BCUT2D eigenvalue weighted by Crippen LogP contribution is 2.30. The van der Waals surface area contributed by atoms with Gasteiger partial charge in [-0.25, -0.2) is 9.97 Å². The van der Waals surface area contributed by atoms with Gasteiger partial charge in [0.2, 0.25) is 0 Å². The summed E-state index contributed by atoms with van der Waals surface area (Å²) in [6.07, 6.45) is 3.10. The largest absolute Gasteiger partial charge is 0.374 e. The van der Waals surface area contributed by atoms with E-state index in [0.717, 1.165) is 57.1 Å². The van der Waals surface area contributed by atoms with E-state index >= 15 is 0 Å². The first-order chi connectivity index (χ1) is 11.8. The molecule has 6 heteroatoms. The van der Waals surface area contributed by atoms with E-state index in [0.29, 0.717) is 13.2 Å². The van der Waals surface area contributed by atoms with Gasteiger partial charge in [-0.2, -0.15) is 0 Å². The Morgan fingerprint density at radius 2 is 2.17 bits per heavy atom. The topological polar surface area (TPSA) is 50.3 Å². The molecule has 0 saturated heterocycles. The fourth-order valence-electron chi connectivity index (χ4n) is 3.52. The van der Waals surface area contributed by atoms with E-state index < -0.39 is 0 Å². The van der Waals surface area contributed by atoms with Crippen molar-refractivity contribution in [1.82, 2.24) is 15.3 Å². The van der Waals surface area contributed by atoms with Crippen LogP contribution in [0, 0.1) is 0 Å². The number of nitrogens with one attached hydrogen (secondary N) is 1. The highest BCUT2D eigenvalue weighted by Gasteiger charge is 2.24. The predicted octanol–water partition coefficient (Wildman–Crippen LogP) is 2.33. The van der Waals surface area contributed by atoms with Gasteiger partial charge in [0.05, 0.1) is 5.69 Å². The fourth-order valence-corrected chi connectivity index (χ4v) is 4.41. The molecule has 0 spiro atoms. The summed E-state index contributed by atoms with van der Waals surface area (Å²) in [4.78, 5) is 13.7. The first kappa shape index (κ1) is 16.0. The molecule has 0 aliphatic carbocycles. The van der Waals surface area contributed by atoms with E-state index in [1.165, 1.54) is 21.7 Å². The molecular weight excluding hydrogens is 320 g/mol. The van der Waals surface area contributed by atoms with Crippen LogP contribution in [0.25, 0.3) is 0 Å². The molecule has 2 aliphatic rings. The van der Waals surface area contributed by atoms with Gasteiger partial charge in [0, 0.05) is 43.1 Å². The molecule has 0 atom stereocenters. The summed E-state index contributed by atoms with van der Waals surface area (Å²) >= 11 is 1.88. The minimum absolute atomic E-state index is 0.502. The third-order valence-electron chi connectivity index (χ3n) is 4.75. The van der Waals surface area contributed by atoms with Gasteiger partial charge in [-0.3, -0.25) is 0 Å². The van der Waals surface area contributed by atoms with E-state index in [9.17, 15) is 0 Å². The molecule has 2 aliphatic heterocycles. The minimum atomic E-state index is 0.502. The van der Waals surface area contributed by atoms with Crippen molar-refractivity contribution in [2.45, 2.75) is 39.3 Å². The van der Waals surface area contributed by atoms with Crippen LogP contribution in [-0.2, 0) is 37.2 Å². The molecule has 1 N–H and O–H groups in total. The van der Waals surface area contributed by atoms with Crippen molar-refractivity contribution < 1.29 is 4.74 Å². The van der Waals surface area contributed by atoms with Crippen molar-refractivity contribution >= 4 is 17.2 Å². The summed E-state index contributed by atoms with van der Waals surface area (Å²) in [6, 6.07) is 2.26. The van der Waals surface area contributed by atoms with Crippen molar-refractivity contribution in [3.8, 4) is 0 Å². The number of nitrogens with zero attached hydrogens (tertiary/aromatic N) is 3. The van der Waals surface area contributed by atoms with Crippen molar-refractivity contribution in [2.75, 3.05) is 31.1 Å². The Hall–Kier alpha value is -1.50. The Kier molecular flexibility index (Phi) is 4.78. The molecule has 24 heavy (non-hydrogen) atoms. The number of hydrogen-bond donors (Lipinski definition) is 1. The van der Waals surface area contributed by atoms with Crippen molar-refractivity contribution in [2.24, 2.45) is 0 Å². The lowest BCUT2D eigenvalue weighted by molar-refractivity contribution is 0.128. The lowest BCUT2D eigenvalue weighted by atomic mass is 10.1. The van der Waals surface area contributed by atoms with Gasteiger partial charge in [0.1, 0.15) is 12.4 Å². The maximum Gasteiger partial charge on any atom is 0.156 e. The van der Waals surface area contributed by atoms with Crippen LogP contribution in [0.1, 0.15) is 34.4 Å². The lowest BCUT2D eigenvalue weighted by Gasteiger charge is -2.30. The first-order valence-electron chi connectivity index (χ1n) is 8.82. The number of ether oxygens (including phenoxy) is 1. The van der Waals surface area contributed by atoms with E-state index in [1.807, 2.05) is 18.3 Å². The predicted molar refractivity (Wildman–Crippen MR) is 96.7 cm³/mol. The molecule has 128 valence electrons. The Bertz CT molecular complexity index is 715. The Morgan fingerprint density at radius 3 is 3.08 bits per heavy atom. The molecular formula is C18H24N4OS. The second-order valence-corrected chi connectivity index (χ2v) is 7.32. The standard InChI is InChI=1S/C18H24N4OS/c1-2-23-12-17-20-15-4-8-19-7-3-14(15)18(21-17)22-9-5-16-13(11-22)6-10-24-16/h6,10,19H,2-5,7-9,11-12H2,1H3. The zero-order valence-electron chi connectivity index (χ0n) is 14.2. The molecule has 0 unspecified atom stereocenters. The number of rotatable bonds is 4. The maximum atomic E-state index is 5.57. The number of fused-ring (bicyclic) bond motifs is 2. The van der Waals surface area contributed by atoms with Crippen LogP contribution in [0.15, 0.2) is 11.4 Å². The van der Waals surface area contributed by atoms with Gasteiger partial charge in [0.25, 0.3) is 0 Å². The van der Waals surface area contributed by atoms with Crippen molar-refractivity contribution in [1.29, 1.82) is 0 Å². The zero-order chi connectivity index (χ0) is 16.4. The van der Waals surface area contributed by atoms with Crippen LogP contribution in [-0.4, -0.2) is 36.2 Å². The second-order valence-electron chi connectivity index (χ2n) is 6.32. The van der Waals surface area contributed by atoms with Crippen LogP contribution < -0.4 is 10.2 Å². The fraction of sp³-hybridized carbons (Fsp3) is 0.556. The third kappa shape index (κ3) is 3.18. The van der Waals surface area contributed by atoms with Crippen LogP contribution in [0.4, 0.5) is 5.82 Å². The maximum absolute atomic E-state index is 5.57. The van der Waals surface area contributed by atoms with E-state index in [4.69, 9.17) is 14.7 Å². The smallest absolute Gasteiger partial charge is 0.156 e. The minimum Gasteiger partial charge on any atom is -0.374 e. The van der Waals surface area contributed by atoms with Crippen LogP contribution in [0.2, 0.25) is 0 Å². The monoisotopic (exact) mass is 344 g/mol. The van der Waals surface area contributed by atoms with E-state index in [-0.39, 0.29) is 0 Å². The number of anilines is 1. The van der Waals surface area contributed by atoms with Crippen molar-refractivity contribution in [3.63, 3.8) is 0 Å². The van der Waals surface area contributed by atoms with E-state index in [1.54, 1.807) is 0 Å². The molecule has 4 rings (SSSR count). The van der Waals surface area contributed by atoms with Crippen LogP contribution in [0.3, 0.4) is 0 Å². The van der Waals surface area contributed by atoms with Crippen molar-refractivity contribution in [3.05, 3.63) is 39.0 Å². The Balaban J connectivity index is 1.70. The highest BCUT2D eigenvalue weighted by atomic mass is 32.1. The first-order valence-corrected chi connectivity index (χ1v) is 9.70. The summed E-state index contributed by atoms with van der Waals surface area (Å²) in [6.45, 7) is 7.21. The average Bonchev–Trinajstić information content (AvgIpc) is 2.95. The number of hydrogen-bond acceptors (Lipinski definition) is 6. The normalized spacial score (nSPS) is 17.3. The number of aromatic nitrogens is 2. The Labute approximate surface area is 147 Å². The van der Waals surface area contributed by atoms with Crippen LogP contribution in [0.5, 0.6) is 0 Å². The van der Waals surface area contributed by atoms with Gasteiger partial charge >= 0.3 is 0 Å². The summed E-state index contributed by atoms with van der Waals surface area (Å²) < 4.78 is 5.57. The number of thiophene rings is 1. The molecule has 2 aromatic heterocycles. The molecule has 0 aromatic carbocycles. The molecule has 4 heterocycles. The summed E-state index contributed by atoms with van der Waals surface area (Å²) in [5.41, 5.74) is 3.99. The second kappa shape index (κ2) is 7.17. The third-order valence-corrected chi connectivity index (χ3v) is 5.77. The average molecular weight is 344 g/mol. The summed E-state index contributed by atoms with van der Waals surface area (Å²) in [5, 5.41) is 5.69.